The van der Waals surface area contributed by atoms with Crippen molar-refractivity contribution in [2.45, 2.75) is 13.0 Å². The van der Waals surface area contributed by atoms with E-state index in [1.165, 1.54) is 18.2 Å². The highest BCUT2D eigenvalue weighted by molar-refractivity contribution is 5.91. The number of nitrogens with two attached hydrogens (primary N) is 1. The summed E-state index contributed by atoms with van der Waals surface area (Å²) in [5.74, 6) is -0.196. The van der Waals surface area contributed by atoms with Crippen molar-refractivity contribution in [1.82, 2.24) is 0 Å². The maximum absolute atomic E-state index is 13.0. The second-order valence-corrected chi connectivity index (χ2v) is 4.67. The van der Waals surface area contributed by atoms with E-state index < -0.39 is 5.82 Å². The maximum Gasteiger partial charge on any atom is 0.262 e. The molecule has 0 saturated heterocycles. The van der Waals surface area contributed by atoms with E-state index >= 15 is 0 Å². The molecule has 5 heteroatoms. The molecule has 0 aliphatic heterocycles. The van der Waals surface area contributed by atoms with Gasteiger partial charge in [0.25, 0.3) is 5.91 Å². The van der Waals surface area contributed by atoms with Crippen molar-refractivity contribution in [2.75, 3.05) is 11.9 Å². The van der Waals surface area contributed by atoms with Crippen LogP contribution >= 0.6 is 0 Å². The minimum Gasteiger partial charge on any atom is -0.483 e. The van der Waals surface area contributed by atoms with Crippen molar-refractivity contribution >= 4 is 11.6 Å². The van der Waals surface area contributed by atoms with Crippen molar-refractivity contribution in [3.63, 3.8) is 0 Å². The highest BCUT2D eigenvalue weighted by Gasteiger charge is 2.09. The van der Waals surface area contributed by atoms with E-state index in [0.29, 0.717) is 11.4 Å². The number of hydrogen-bond donors (Lipinski definition) is 2. The van der Waals surface area contributed by atoms with Crippen LogP contribution in [0.4, 0.5) is 10.1 Å². The Labute approximate surface area is 122 Å². The monoisotopic (exact) mass is 288 g/mol. The van der Waals surface area contributed by atoms with Crippen molar-refractivity contribution in [3.8, 4) is 5.75 Å². The van der Waals surface area contributed by atoms with E-state index in [9.17, 15) is 9.18 Å². The molecule has 110 valence electrons. The maximum atomic E-state index is 13.0. The molecule has 1 atom stereocenters. The lowest BCUT2D eigenvalue weighted by atomic mass is 10.1. The summed E-state index contributed by atoms with van der Waals surface area (Å²) in [5.41, 5.74) is 7.06. The molecule has 2 aromatic rings. The molecule has 4 nitrogen and oxygen atoms in total. The lowest BCUT2D eigenvalue weighted by Crippen LogP contribution is -2.21. The molecular weight excluding hydrogens is 271 g/mol. The SMILES string of the molecule is C[C@@H](N)c1ccccc1OCC(=O)Nc1cccc(F)c1. The molecule has 0 aliphatic carbocycles. The lowest BCUT2D eigenvalue weighted by molar-refractivity contribution is -0.118. The van der Waals surface area contributed by atoms with Gasteiger partial charge in [-0.1, -0.05) is 24.3 Å². The summed E-state index contributed by atoms with van der Waals surface area (Å²) in [6, 6.07) is 12.8. The van der Waals surface area contributed by atoms with E-state index in [4.69, 9.17) is 10.5 Å². The van der Waals surface area contributed by atoms with Crippen molar-refractivity contribution in [2.24, 2.45) is 5.73 Å². The second kappa shape index (κ2) is 6.85. The van der Waals surface area contributed by atoms with Gasteiger partial charge in [0.1, 0.15) is 11.6 Å². The Bertz CT molecular complexity index is 629. The van der Waals surface area contributed by atoms with E-state index in [0.717, 1.165) is 5.56 Å². The molecule has 2 aromatic carbocycles. The largest absolute Gasteiger partial charge is 0.483 e. The van der Waals surface area contributed by atoms with Crippen molar-refractivity contribution in [1.29, 1.82) is 0 Å². The molecule has 0 bridgehead atoms. The fraction of sp³-hybridized carbons (Fsp3) is 0.188. The number of amides is 1. The fourth-order valence-electron chi connectivity index (χ4n) is 1.89. The summed E-state index contributed by atoms with van der Waals surface area (Å²) in [6.45, 7) is 1.68. The minimum atomic E-state index is -0.406. The van der Waals surface area contributed by atoms with E-state index in [1.54, 1.807) is 12.1 Å². The van der Waals surface area contributed by atoms with Gasteiger partial charge in [0, 0.05) is 17.3 Å². The van der Waals surface area contributed by atoms with Crippen LogP contribution in [-0.2, 0) is 4.79 Å². The third kappa shape index (κ3) is 4.29. The third-order valence-electron chi connectivity index (χ3n) is 2.88. The number of carbonyl (C=O) groups is 1. The number of carbonyl (C=O) groups excluding carboxylic acids is 1. The average molecular weight is 288 g/mol. The van der Waals surface area contributed by atoms with Crippen LogP contribution in [-0.4, -0.2) is 12.5 Å². The zero-order valence-electron chi connectivity index (χ0n) is 11.7. The number of nitrogens with one attached hydrogen (secondary N) is 1. The molecule has 0 aromatic heterocycles. The number of para-hydroxylation sites is 1. The number of ether oxygens (including phenoxy) is 1. The van der Waals surface area contributed by atoms with Crippen LogP contribution in [0.5, 0.6) is 5.75 Å². The van der Waals surface area contributed by atoms with Crippen LogP contribution in [0, 0.1) is 5.82 Å². The summed E-state index contributed by atoms with van der Waals surface area (Å²) < 4.78 is 18.5. The highest BCUT2D eigenvalue weighted by atomic mass is 19.1. The Balaban J connectivity index is 1.95. The first-order valence-corrected chi connectivity index (χ1v) is 6.59. The van der Waals surface area contributed by atoms with Crippen molar-refractivity contribution in [3.05, 3.63) is 59.9 Å². The molecule has 0 aliphatic rings. The molecule has 3 N–H and O–H groups in total. The Kier molecular flexibility index (Phi) is 4.90. The number of halogens is 1. The molecule has 0 radical (unpaired) electrons. The smallest absolute Gasteiger partial charge is 0.262 e. The molecule has 0 heterocycles. The predicted octanol–water partition coefficient (Wildman–Crippen LogP) is 2.86. The first-order chi connectivity index (χ1) is 10.1. The first kappa shape index (κ1) is 15.0. The Hall–Kier alpha value is -2.40. The van der Waals surface area contributed by atoms with Gasteiger partial charge in [0.15, 0.2) is 6.61 Å². The number of hydrogen-bond acceptors (Lipinski definition) is 3. The van der Waals surface area contributed by atoms with Gasteiger partial charge in [0.05, 0.1) is 0 Å². The summed E-state index contributed by atoms with van der Waals surface area (Å²) in [4.78, 5) is 11.8. The van der Waals surface area contributed by atoms with Gasteiger partial charge in [-0.3, -0.25) is 4.79 Å². The Morgan fingerprint density at radius 2 is 2.05 bits per heavy atom. The first-order valence-electron chi connectivity index (χ1n) is 6.59. The Morgan fingerprint density at radius 1 is 1.29 bits per heavy atom. The molecule has 0 fully saturated rings. The van der Waals surface area contributed by atoms with Crippen LogP contribution in [0.25, 0.3) is 0 Å². The van der Waals surface area contributed by atoms with Gasteiger partial charge >= 0.3 is 0 Å². The van der Waals surface area contributed by atoms with E-state index in [2.05, 4.69) is 5.32 Å². The predicted molar refractivity (Wildman–Crippen MR) is 79.6 cm³/mol. The van der Waals surface area contributed by atoms with Gasteiger partial charge in [0.2, 0.25) is 0 Å². The molecule has 0 spiro atoms. The van der Waals surface area contributed by atoms with Crippen LogP contribution in [0.15, 0.2) is 48.5 Å². The van der Waals surface area contributed by atoms with Crippen molar-refractivity contribution < 1.29 is 13.9 Å². The molecule has 21 heavy (non-hydrogen) atoms. The second-order valence-electron chi connectivity index (χ2n) is 4.67. The van der Waals surface area contributed by atoms with Crippen LogP contribution < -0.4 is 15.8 Å². The quantitative estimate of drug-likeness (QED) is 0.889. The normalized spacial score (nSPS) is 11.8. The highest BCUT2D eigenvalue weighted by Crippen LogP contribution is 2.23. The topological polar surface area (TPSA) is 64.3 Å². The van der Waals surface area contributed by atoms with E-state index in [1.807, 2.05) is 25.1 Å². The number of benzene rings is 2. The number of anilines is 1. The Morgan fingerprint density at radius 3 is 2.76 bits per heavy atom. The van der Waals surface area contributed by atoms with Gasteiger partial charge < -0.3 is 15.8 Å². The van der Waals surface area contributed by atoms with Gasteiger partial charge in [-0.2, -0.15) is 0 Å². The van der Waals surface area contributed by atoms with Gasteiger partial charge in [-0.25, -0.2) is 4.39 Å². The lowest BCUT2D eigenvalue weighted by Gasteiger charge is -2.13. The number of rotatable bonds is 5. The standard InChI is InChI=1S/C16H17FN2O2/c1-11(18)14-7-2-3-8-15(14)21-10-16(20)19-13-6-4-5-12(17)9-13/h2-9,11H,10,18H2,1H3,(H,19,20)/t11-/m1/s1. The summed E-state index contributed by atoms with van der Waals surface area (Å²) >= 11 is 0. The zero-order valence-corrected chi connectivity index (χ0v) is 11.7. The van der Waals surface area contributed by atoms with Crippen LogP contribution in [0.3, 0.4) is 0 Å². The molecule has 0 unspecified atom stereocenters. The molecular formula is C16H17FN2O2. The van der Waals surface area contributed by atoms with Gasteiger partial charge in [-0.05, 0) is 31.2 Å². The molecule has 0 saturated carbocycles. The summed E-state index contributed by atoms with van der Waals surface area (Å²) in [6.07, 6.45) is 0. The third-order valence-corrected chi connectivity index (χ3v) is 2.88. The zero-order chi connectivity index (χ0) is 15.2. The van der Waals surface area contributed by atoms with Gasteiger partial charge in [-0.15, -0.1) is 0 Å². The minimum absolute atomic E-state index is 0.166. The van der Waals surface area contributed by atoms with Crippen LogP contribution in [0.1, 0.15) is 18.5 Å². The average Bonchev–Trinajstić information content (AvgIpc) is 2.45. The molecule has 1 amide bonds. The molecule has 2 rings (SSSR count). The summed E-state index contributed by atoms with van der Waals surface area (Å²) in [5, 5.41) is 2.57. The van der Waals surface area contributed by atoms with Crippen LogP contribution in [0.2, 0.25) is 0 Å². The summed E-state index contributed by atoms with van der Waals surface area (Å²) in [7, 11) is 0. The fourth-order valence-corrected chi connectivity index (χ4v) is 1.89. The van der Waals surface area contributed by atoms with E-state index in [-0.39, 0.29) is 18.6 Å².